The quantitative estimate of drug-likeness (QED) is 0.178. The minimum Gasteiger partial charge on any atom is -0.294 e. The predicted molar refractivity (Wildman–Crippen MR) is 225 cm³/mol. The van der Waals surface area contributed by atoms with Crippen LogP contribution in [0.2, 0.25) is 0 Å². The molecule has 0 saturated carbocycles. The fourth-order valence-electron chi connectivity index (χ4n) is 8.40. The van der Waals surface area contributed by atoms with Gasteiger partial charge in [-0.05, 0) is 54.6 Å². The Labute approximate surface area is 319 Å². The number of imidazole rings is 2. The fourth-order valence-corrected chi connectivity index (χ4v) is 8.40. The van der Waals surface area contributed by atoms with E-state index in [9.17, 15) is 0 Å². The minimum absolute atomic E-state index is 0.563. The zero-order valence-corrected chi connectivity index (χ0v) is 29.9. The van der Waals surface area contributed by atoms with Gasteiger partial charge in [0.25, 0.3) is 0 Å². The molecule has 0 bridgehead atoms. The zero-order valence-electron chi connectivity index (χ0n) is 29.9. The summed E-state index contributed by atoms with van der Waals surface area (Å²) in [5, 5.41) is 3.34. The van der Waals surface area contributed by atoms with E-state index in [0.29, 0.717) is 17.6 Å². The molecule has 0 unspecified atom stereocenters. The van der Waals surface area contributed by atoms with Gasteiger partial charge < -0.3 is 0 Å². The summed E-state index contributed by atoms with van der Waals surface area (Å²) in [4.78, 5) is 20.5. The molecular formula is C48H30N8. The van der Waals surface area contributed by atoms with E-state index < -0.39 is 0 Å². The molecule has 5 aromatic heterocycles. The molecule has 0 atom stereocenters. The van der Waals surface area contributed by atoms with Crippen LogP contribution < -0.4 is 0 Å². The van der Waals surface area contributed by atoms with Crippen LogP contribution in [0.5, 0.6) is 0 Å². The molecule has 8 heteroatoms. The van der Waals surface area contributed by atoms with Gasteiger partial charge in [0.1, 0.15) is 5.52 Å². The second-order valence-corrected chi connectivity index (χ2v) is 14.0. The maximum atomic E-state index is 5.30. The normalized spacial score (nSPS) is 11.9. The third kappa shape index (κ3) is 4.41. The number of benzene rings is 7. The van der Waals surface area contributed by atoms with E-state index in [2.05, 4.69) is 139 Å². The third-order valence-corrected chi connectivity index (χ3v) is 10.8. The van der Waals surface area contributed by atoms with E-state index in [4.69, 9.17) is 19.9 Å². The lowest BCUT2D eigenvalue weighted by Gasteiger charge is -2.11. The number of para-hydroxylation sites is 5. The smallest absolute Gasteiger partial charge is 0.238 e. The highest BCUT2D eigenvalue weighted by Crippen LogP contribution is 2.40. The second-order valence-electron chi connectivity index (χ2n) is 14.0. The van der Waals surface area contributed by atoms with E-state index in [1.807, 2.05) is 60.7 Å². The van der Waals surface area contributed by atoms with Crippen LogP contribution in [-0.4, -0.2) is 38.0 Å². The van der Waals surface area contributed by atoms with Crippen molar-refractivity contribution in [1.82, 2.24) is 38.0 Å². The third-order valence-electron chi connectivity index (χ3n) is 10.8. The van der Waals surface area contributed by atoms with Gasteiger partial charge in [0, 0.05) is 33.0 Å². The van der Waals surface area contributed by atoms with Crippen molar-refractivity contribution in [3.8, 4) is 40.1 Å². The van der Waals surface area contributed by atoms with E-state index in [0.717, 1.165) is 83.2 Å². The summed E-state index contributed by atoms with van der Waals surface area (Å²) in [6.07, 6.45) is 0. The van der Waals surface area contributed by atoms with Crippen LogP contribution >= 0.6 is 0 Å². The predicted octanol–water partition coefficient (Wildman–Crippen LogP) is 11.0. The SMILES string of the molecule is c1ccc(-c2nc(-c3ccccc3)nc(-n3c4ccccc4c4cc(-n5c6c7ccccc7n(-c7ccccc7)c6n6c7ccccc7nc56)ccc43)n2)cc1. The summed E-state index contributed by atoms with van der Waals surface area (Å²) in [5.74, 6) is 2.66. The van der Waals surface area contributed by atoms with Gasteiger partial charge in [-0.15, -0.1) is 0 Å². The van der Waals surface area contributed by atoms with Gasteiger partial charge in [0.2, 0.25) is 11.7 Å². The van der Waals surface area contributed by atoms with Gasteiger partial charge in [-0.2, -0.15) is 9.97 Å². The monoisotopic (exact) mass is 718 g/mol. The standard InChI is InChI=1S/C48H30N8/c1-4-16-31(17-5-1)44-50-45(32-18-6-2-7-19-32)52-47(51-44)55-39-25-13-10-22-35(39)37-30-34(28-29-41(37)55)54-43-36-23-11-14-26-40(36)53(33-20-8-3-9-21-33)46(43)56-42-27-15-12-24-38(42)49-48(54)56/h1-30H. The van der Waals surface area contributed by atoms with Crippen LogP contribution in [0.4, 0.5) is 0 Å². The number of fused-ring (bicyclic) bond motifs is 10. The highest BCUT2D eigenvalue weighted by Gasteiger charge is 2.26. The highest BCUT2D eigenvalue weighted by atomic mass is 15.3. The van der Waals surface area contributed by atoms with Gasteiger partial charge in [-0.1, -0.05) is 127 Å². The van der Waals surface area contributed by atoms with Crippen LogP contribution in [0.25, 0.3) is 101 Å². The molecule has 0 fully saturated rings. The lowest BCUT2D eigenvalue weighted by atomic mass is 10.1. The van der Waals surface area contributed by atoms with Crippen molar-refractivity contribution < 1.29 is 0 Å². The van der Waals surface area contributed by atoms with Crippen molar-refractivity contribution in [2.45, 2.75) is 0 Å². The molecule has 7 aromatic carbocycles. The molecule has 8 nitrogen and oxygen atoms in total. The lowest BCUT2D eigenvalue weighted by molar-refractivity contribution is 0.953. The van der Waals surface area contributed by atoms with Gasteiger partial charge in [0.05, 0.1) is 33.3 Å². The molecule has 262 valence electrons. The van der Waals surface area contributed by atoms with Crippen molar-refractivity contribution in [1.29, 1.82) is 0 Å². The first-order chi connectivity index (χ1) is 27.8. The maximum Gasteiger partial charge on any atom is 0.238 e. The van der Waals surface area contributed by atoms with Gasteiger partial charge in [-0.25, -0.2) is 9.97 Å². The molecule has 0 saturated heterocycles. The first kappa shape index (κ1) is 30.6. The van der Waals surface area contributed by atoms with Gasteiger partial charge in [0.15, 0.2) is 17.3 Å². The van der Waals surface area contributed by atoms with E-state index in [1.54, 1.807) is 0 Å². The molecule has 12 rings (SSSR count). The van der Waals surface area contributed by atoms with Crippen LogP contribution in [0.15, 0.2) is 182 Å². The van der Waals surface area contributed by atoms with Crippen molar-refractivity contribution in [3.05, 3.63) is 182 Å². The Balaban J connectivity index is 1.16. The molecule has 0 radical (unpaired) electrons. The molecule has 0 aliphatic rings. The Bertz CT molecular complexity index is 3410. The summed E-state index contributed by atoms with van der Waals surface area (Å²) in [6, 6.07) is 63.0. The van der Waals surface area contributed by atoms with Crippen LogP contribution in [-0.2, 0) is 0 Å². The van der Waals surface area contributed by atoms with Gasteiger partial charge >= 0.3 is 0 Å². The van der Waals surface area contributed by atoms with Crippen molar-refractivity contribution in [2.75, 3.05) is 0 Å². The number of rotatable bonds is 5. The summed E-state index contributed by atoms with van der Waals surface area (Å²) in [5.41, 5.74) is 11.3. The zero-order chi connectivity index (χ0) is 36.7. The van der Waals surface area contributed by atoms with E-state index >= 15 is 0 Å². The Morgan fingerprint density at radius 2 is 0.911 bits per heavy atom. The average molecular weight is 719 g/mol. The Kier molecular flexibility index (Phi) is 6.47. The number of hydrogen-bond acceptors (Lipinski definition) is 4. The molecule has 0 amide bonds. The summed E-state index contributed by atoms with van der Waals surface area (Å²) in [7, 11) is 0. The lowest BCUT2D eigenvalue weighted by Crippen LogP contribution is -2.06. The molecule has 56 heavy (non-hydrogen) atoms. The van der Waals surface area contributed by atoms with E-state index in [1.165, 1.54) is 0 Å². The maximum absolute atomic E-state index is 5.30. The van der Waals surface area contributed by atoms with E-state index in [-0.39, 0.29) is 0 Å². The molecule has 0 spiro atoms. The Morgan fingerprint density at radius 3 is 1.61 bits per heavy atom. The Hall–Kier alpha value is -7.84. The van der Waals surface area contributed by atoms with Crippen LogP contribution in [0.3, 0.4) is 0 Å². The average Bonchev–Trinajstić information content (AvgIpc) is 3.99. The molecular weight excluding hydrogens is 689 g/mol. The fraction of sp³-hybridized carbons (Fsp3) is 0. The second kappa shape index (κ2) is 11.8. The number of aromatic nitrogens is 8. The summed E-state index contributed by atoms with van der Waals surface area (Å²) >= 11 is 0. The van der Waals surface area contributed by atoms with Crippen molar-refractivity contribution in [2.24, 2.45) is 0 Å². The summed E-state index contributed by atoms with van der Waals surface area (Å²) in [6.45, 7) is 0. The van der Waals surface area contributed by atoms with Gasteiger partial charge in [-0.3, -0.25) is 18.1 Å². The topological polar surface area (TPSA) is 70.8 Å². The van der Waals surface area contributed by atoms with Crippen LogP contribution in [0, 0.1) is 0 Å². The number of nitrogens with zero attached hydrogens (tertiary/aromatic N) is 8. The largest absolute Gasteiger partial charge is 0.294 e. The first-order valence-electron chi connectivity index (χ1n) is 18.7. The summed E-state index contributed by atoms with van der Waals surface area (Å²) < 4.78 is 9.17. The molecule has 5 heterocycles. The van der Waals surface area contributed by atoms with Crippen molar-refractivity contribution >= 4 is 60.7 Å². The first-order valence-corrected chi connectivity index (χ1v) is 18.7. The molecule has 0 aliphatic carbocycles. The Morgan fingerprint density at radius 1 is 0.357 bits per heavy atom. The molecule has 0 aliphatic heterocycles. The van der Waals surface area contributed by atoms with Crippen molar-refractivity contribution in [3.63, 3.8) is 0 Å². The minimum atomic E-state index is 0.563. The number of hydrogen-bond donors (Lipinski definition) is 0. The molecule has 0 N–H and O–H groups in total. The highest BCUT2D eigenvalue weighted by molar-refractivity contribution is 6.12. The van der Waals surface area contributed by atoms with Crippen LogP contribution in [0.1, 0.15) is 0 Å². The molecule has 12 aromatic rings.